The SMILES string of the molecule is S=C(NCc1ccccc1)N1C[C@H](c2ccccc2)C[C@H]1c1nc(CCCc2ccccc2)no1. The van der Waals surface area contributed by atoms with Crippen molar-refractivity contribution in [3.05, 3.63) is 119 Å². The van der Waals surface area contributed by atoms with Crippen LogP contribution in [-0.4, -0.2) is 26.7 Å². The second-order valence-corrected chi connectivity index (χ2v) is 9.43. The highest BCUT2D eigenvalue weighted by molar-refractivity contribution is 7.80. The van der Waals surface area contributed by atoms with Crippen LogP contribution in [0.25, 0.3) is 0 Å². The van der Waals surface area contributed by atoms with Crippen LogP contribution in [0.2, 0.25) is 0 Å². The number of benzene rings is 3. The fraction of sp³-hybridized carbons (Fsp3) is 0.276. The molecule has 0 saturated carbocycles. The Bertz CT molecular complexity index is 1210. The van der Waals surface area contributed by atoms with E-state index in [0.717, 1.165) is 43.2 Å². The Labute approximate surface area is 212 Å². The molecular formula is C29H30N4OS. The standard InChI is InChI=1S/C29H30N4OS/c35-29(30-20-23-13-6-2-7-14-23)33-21-25(24-16-8-3-9-17-24)19-26(33)28-31-27(32-34-28)18-10-15-22-11-4-1-5-12-22/h1-9,11-14,16-17,25-26H,10,15,18-21H2,(H,30,35)/t25-,26+/m1/s1. The average Bonchev–Trinajstić information content (AvgIpc) is 3.57. The number of thiocarbonyl (C=S) groups is 1. The van der Waals surface area contributed by atoms with E-state index >= 15 is 0 Å². The molecule has 4 aromatic rings. The van der Waals surface area contributed by atoms with Crippen LogP contribution >= 0.6 is 12.2 Å². The molecule has 1 aromatic heterocycles. The van der Waals surface area contributed by atoms with Crippen molar-refractivity contribution >= 4 is 17.3 Å². The lowest BCUT2D eigenvalue weighted by atomic mass is 9.96. The van der Waals surface area contributed by atoms with Crippen molar-refractivity contribution in [2.75, 3.05) is 6.54 Å². The predicted molar refractivity (Wildman–Crippen MR) is 142 cm³/mol. The van der Waals surface area contributed by atoms with Gasteiger partial charge < -0.3 is 14.7 Å². The molecule has 1 aliphatic heterocycles. The number of likely N-dealkylation sites (tertiary alicyclic amines) is 1. The van der Waals surface area contributed by atoms with Crippen LogP contribution in [-0.2, 0) is 19.4 Å². The molecule has 6 heteroatoms. The van der Waals surface area contributed by atoms with E-state index in [0.29, 0.717) is 18.4 Å². The number of aromatic nitrogens is 2. The van der Waals surface area contributed by atoms with E-state index in [1.807, 2.05) is 24.3 Å². The van der Waals surface area contributed by atoms with Crippen molar-refractivity contribution in [2.45, 2.75) is 44.2 Å². The number of hydrogen-bond donors (Lipinski definition) is 1. The van der Waals surface area contributed by atoms with Crippen molar-refractivity contribution in [1.29, 1.82) is 0 Å². The Morgan fingerprint density at radius 3 is 2.26 bits per heavy atom. The van der Waals surface area contributed by atoms with Crippen LogP contribution in [0.1, 0.15) is 53.2 Å². The number of rotatable bonds is 8. The lowest BCUT2D eigenvalue weighted by molar-refractivity contribution is 0.282. The zero-order valence-electron chi connectivity index (χ0n) is 19.7. The topological polar surface area (TPSA) is 54.2 Å². The third-order valence-electron chi connectivity index (χ3n) is 6.60. The van der Waals surface area contributed by atoms with E-state index in [1.54, 1.807) is 0 Å². The van der Waals surface area contributed by atoms with E-state index in [-0.39, 0.29) is 6.04 Å². The second-order valence-electron chi connectivity index (χ2n) is 9.04. The van der Waals surface area contributed by atoms with Crippen LogP contribution < -0.4 is 5.32 Å². The van der Waals surface area contributed by atoms with E-state index in [4.69, 9.17) is 21.7 Å². The molecule has 0 bridgehead atoms. The zero-order valence-corrected chi connectivity index (χ0v) is 20.5. The van der Waals surface area contributed by atoms with E-state index in [1.165, 1.54) is 16.7 Å². The van der Waals surface area contributed by atoms with Crippen LogP contribution in [0, 0.1) is 0 Å². The lowest BCUT2D eigenvalue weighted by Gasteiger charge is -2.25. The van der Waals surface area contributed by atoms with Crippen molar-refractivity contribution in [3.8, 4) is 0 Å². The molecule has 0 amide bonds. The van der Waals surface area contributed by atoms with Gasteiger partial charge in [0, 0.05) is 25.4 Å². The Morgan fingerprint density at radius 2 is 1.54 bits per heavy atom. The van der Waals surface area contributed by atoms with Crippen molar-refractivity contribution in [3.63, 3.8) is 0 Å². The molecule has 3 aromatic carbocycles. The van der Waals surface area contributed by atoms with E-state index in [2.05, 4.69) is 82.1 Å². The second kappa shape index (κ2) is 11.3. The van der Waals surface area contributed by atoms with Gasteiger partial charge in [0.1, 0.15) is 6.04 Å². The van der Waals surface area contributed by atoms with Gasteiger partial charge in [-0.3, -0.25) is 0 Å². The predicted octanol–water partition coefficient (Wildman–Crippen LogP) is 5.85. The first-order chi connectivity index (χ1) is 17.3. The maximum Gasteiger partial charge on any atom is 0.249 e. The van der Waals surface area contributed by atoms with Crippen molar-refractivity contribution in [1.82, 2.24) is 20.4 Å². The lowest BCUT2D eigenvalue weighted by Crippen LogP contribution is -2.39. The van der Waals surface area contributed by atoms with Gasteiger partial charge in [0.25, 0.3) is 0 Å². The molecule has 1 aliphatic rings. The molecule has 35 heavy (non-hydrogen) atoms. The van der Waals surface area contributed by atoms with E-state index in [9.17, 15) is 0 Å². The number of aryl methyl sites for hydroxylation is 2. The molecule has 2 heterocycles. The third kappa shape index (κ3) is 5.95. The third-order valence-corrected chi connectivity index (χ3v) is 6.98. The first-order valence-corrected chi connectivity index (χ1v) is 12.7. The highest BCUT2D eigenvalue weighted by atomic mass is 32.1. The van der Waals surface area contributed by atoms with Crippen LogP contribution in [0.15, 0.2) is 95.5 Å². The van der Waals surface area contributed by atoms with Crippen LogP contribution in [0.3, 0.4) is 0 Å². The first-order valence-electron chi connectivity index (χ1n) is 12.3. The highest BCUT2D eigenvalue weighted by Crippen LogP contribution is 2.40. The Morgan fingerprint density at radius 1 is 0.886 bits per heavy atom. The molecule has 178 valence electrons. The molecule has 0 unspecified atom stereocenters. The van der Waals surface area contributed by atoms with Gasteiger partial charge in [-0.05, 0) is 48.2 Å². The quantitative estimate of drug-likeness (QED) is 0.318. The first kappa shape index (κ1) is 23.2. The van der Waals surface area contributed by atoms with Gasteiger partial charge in [0.2, 0.25) is 5.89 Å². The molecular weight excluding hydrogens is 452 g/mol. The summed E-state index contributed by atoms with van der Waals surface area (Å²) in [6.07, 6.45) is 3.68. The summed E-state index contributed by atoms with van der Waals surface area (Å²) in [4.78, 5) is 7.02. The van der Waals surface area contributed by atoms with Gasteiger partial charge in [-0.25, -0.2) is 0 Å². The maximum atomic E-state index is 5.85. The average molecular weight is 483 g/mol. The molecule has 0 spiro atoms. The molecule has 5 nitrogen and oxygen atoms in total. The van der Waals surface area contributed by atoms with Gasteiger partial charge in [-0.15, -0.1) is 0 Å². The van der Waals surface area contributed by atoms with Gasteiger partial charge in [0.15, 0.2) is 10.9 Å². The summed E-state index contributed by atoms with van der Waals surface area (Å²) in [5, 5.41) is 8.46. The summed E-state index contributed by atoms with van der Waals surface area (Å²) in [5.74, 6) is 1.77. The number of nitrogens with zero attached hydrogens (tertiary/aromatic N) is 3. The molecule has 1 saturated heterocycles. The monoisotopic (exact) mass is 482 g/mol. The van der Waals surface area contributed by atoms with Crippen LogP contribution in [0.5, 0.6) is 0 Å². The summed E-state index contributed by atoms with van der Waals surface area (Å²) >= 11 is 5.85. The summed E-state index contributed by atoms with van der Waals surface area (Å²) in [6.45, 7) is 1.51. The largest absolute Gasteiger partial charge is 0.358 e. The summed E-state index contributed by atoms with van der Waals surface area (Å²) in [5.41, 5.74) is 3.84. The minimum absolute atomic E-state index is 0.0358. The minimum Gasteiger partial charge on any atom is -0.358 e. The van der Waals surface area contributed by atoms with Crippen LogP contribution in [0.4, 0.5) is 0 Å². The van der Waals surface area contributed by atoms with Gasteiger partial charge in [-0.1, -0.05) is 96.2 Å². The fourth-order valence-electron chi connectivity index (χ4n) is 4.74. The molecule has 0 aliphatic carbocycles. The number of nitrogens with one attached hydrogen (secondary N) is 1. The van der Waals surface area contributed by atoms with Crippen molar-refractivity contribution < 1.29 is 4.52 Å². The molecule has 5 rings (SSSR count). The Hall–Kier alpha value is -3.51. The molecule has 2 atom stereocenters. The van der Waals surface area contributed by atoms with E-state index < -0.39 is 0 Å². The molecule has 1 N–H and O–H groups in total. The van der Waals surface area contributed by atoms with Crippen molar-refractivity contribution in [2.24, 2.45) is 0 Å². The minimum atomic E-state index is -0.0358. The fourth-order valence-corrected chi connectivity index (χ4v) is 5.01. The maximum absolute atomic E-state index is 5.85. The Kier molecular flexibility index (Phi) is 7.49. The number of hydrogen-bond acceptors (Lipinski definition) is 4. The van der Waals surface area contributed by atoms with Gasteiger partial charge in [0.05, 0.1) is 0 Å². The smallest absolute Gasteiger partial charge is 0.249 e. The Balaban J connectivity index is 1.27. The molecule has 0 radical (unpaired) electrons. The normalized spacial score (nSPS) is 17.4. The van der Waals surface area contributed by atoms with Gasteiger partial charge >= 0.3 is 0 Å². The summed E-state index contributed by atoms with van der Waals surface area (Å²) in [6, 6.07) is 31.4. The van der Waals surface area contributed by atoms with Gasteiger partial charge in [-0.2, -0.15) is 4.98 Å². The highest BCUT2D eigenvalue weighted by Gasteiger charge is 2.38. The zero-order chi connectivity index (χ0) is 23.9. The molecule has 1 fully saturated rings. The summed E-state index contributed by atoms with van der Waals surface area (Å²) in [7, 11) is 0. The summed E-state index contributed by atoms with van der Waals surface area (Å²) < 4.78 is 5.79.